The molecule has 0 saturated heterocycles. The number of carbonyl (C=O) groups is 2. The molecule has 0 aliphatic heterocycles. The van der Waals surface area contributed by atoms with E-state index >= 15 is 0 Å². The molecule has 0 aromatic heterocycles. The Morgan fingerprint density at radius 2 is 1.85 bits per heavy atom. The first-order chi connectivity index (χ1) is 9.18. The van der Waals surface area contributed by atoms with Gasteiger partial charge in [0.15, 0.2) is 5.92 Å². The Kier molecular flexibility index (Phi) is 8.68. The fourth-order valence-electron chi connectivity index (χ4n) is 1.13. The minimum atomic E-state index is -4.69. The lowest BCUT2D eigenvalue weighted by Crippen LogP contribution is -2.35. The highest BCUT2D eigenvalue weighted by Crippen LogP contribution is 2.30. The Labute approximate surface area is 120 Å². The summed E-state index contributed by atoms with van der Waals surface area (Å²) < 4.78 is 47.5. The van der Waals surface area contributed by atoms with Crippen LogP contribution in [0.5, 0.6) is 0 Å². The van der Waals surface area contributed by atoms with Gasteiger partial charge in [-0.15, -0.1) is 11.8 Å². The van der Waals surface area contributed by atoms with Gasteiger partial charge in [-0.2, -0.15) is 13.2 Å². The summed E-state index contributed by atoms with van der Waals surface area (Å²) in [5, 5.41) is 0. The zero-order valence-corrected chi connectivity index (χ0v) is 12.5. The van der Waals surface area contributed by atoms with Crippen molar-refractivity contribution in [2.24, 2.45) is 5.92 Å². The topological polar surface area (TPSA) is 52.6 Å². The van der Waals surface area contributed by atoms with Gasteiger partial charge in [-0.25, -0.2) is 0 Å². The van der Waals surface area contributed by atoms with Crippen molar-refractivity contribution in [2.75, 3.05) is 18.1 Å². The van der Waals surface area contributed by atoms with Crippen molar-refractivity contribution in [3.8, 4) is 0 Å². The lowest BCUT2D eigenvalue weighted by Gasteiger charge is -2.19. The smallest absolute Gasteiger partial charge is 0.403 e. The highest BCUT2D eigenvalue weighted by atomic mass is 32.2. The van der Waals surface area contributed by atoms with Crippen molar-refractivity contribution in [1.29, 1.82) is 0 Å². The van der Waals surface area contributed by atoms with E-state index in [4.69, 9.17) is 4.74 Å². The molecule has 0 spiro atoms. The fraction of sp³-hybridized carbons (Fsp3) is 0.833. The predicted molar refractivity (Wildman–Crippen MR) is 69.3 cm³/mol. The molecule has 8 heteroatoms. The summed E-state index contributed by atoms with van der Waals surface area (Å²) in [6.45, 7) is 4.99. The van der Waals surface area contributed by atoms with E-state index in [0.29, 0.717) is 18.2 Å². The largest absolute Gasteiger partial charge is 0.465 e. The van der Waals surface area contributed by atoms with Crippen LogP contribution >= 0.6 is 11.8 Å². The summed E-state index contributed by atoms with van der Waals surface area (Å²) in [6.07, 6.45) is -4.67. The van der Waals surface area contributed by atoms with Crippen LogP contribution in [0, 0.1) is 5.92 Å². The van der Waals surface area contributed by atoms with E-state index in [1.54, 1.807) is 0 Å². The first kappa shape index (κ1) is 19.1. The maximum Gasteiger partial charge on any atom is 0.403 e. The molecule has 0 radical (unpaired) electrons. The third-order valence-corrected chi connectivity index (χ3v) is 3.01. The summed E-state index contributed by atoms with van der Waals surface area (Å²) in [5.41, 5.74) is 0. The quantitative estimate of drug-likeness (QED) is 0.645. The van der Waals surface area contributed by atoms with E-state index in [1.807, 2.05) is 6.92 Å². The van der Waals surface area contributed by atoms with Crippen LogP contribution in [0.2, 0.25) is 0 Å². The number of thioether (sulfide) groups is 1. The van der Waals surface area contributed by atoms with Crippen LogP contribution in [0.4, 0.5) is 13.2 Å². The Hall–Kier alpha value is -0.920. The molecule has 0 aliphatic rings. The number of esters is 2. The fourth-order valence-corrected chi connectivity index (χ4v) is 2.06. The molecular formula is C12H19F3O4S. The van der Waals surface area contributed by atoms with Gasteiger partial charge in [-0.1, -0.05) is 6.92 Å². The second-order valence-corrected chi connectivity index (χ2v) is 5.35. The number of hydrogen-bond donors (Lipinski definition) is 0. The van der Waals surface area contributed by atoms with Gasteiger partial charge in [0.1, 0.15) is 0 Å². The molecule has 0 aromatic carbocycles. The lowest BCUT2D eigenvalue weighted by molar-refractivity contribution is -0.195. The number of ether oxygens (including phenoxy) is 2. The zero-order chi connectivity index (χ0) is 15.8. The molecule has 0 saturated carbocycles. The Balaban J connectivity index is 4.32. The molecule has 0 fully saturated rings. The Bertz CT molecular complexity index is 318. The Morgan fingerprint density at radius 1 is 1.25 bits per heavy atom. The van der Waals surface area contributed by atoms with Crippen molar-refractivity contribution in [2.45, 2.75) is 39.5 Å². The van der Waals surface area contributed by atoms with Crippen molar-refractivity contribution < 1.29 is 32.2 Å². The van der Waals surface area contributed by atoms with Gasteiger partial charge >= 0.3 is 18.1 Å². The van der Waals surface area contributed by atoms with Gasteiger partial charge in [-0.3, -0.25) is 9.59 Å². The molecule has 0 bridgehead atoms. The molecule has 0 rings (SSSR count). The number of rotatable bonds is 8. The standard InChI is InChI=1S/C12H19F3O4S/c1-4-5-18-10(16)7-20-6-9(12(13,14)15)11(17)19-8(2)3/h8-9H,4-7H2,1-3H3. The third kappa shape index (κ3) is 8.29. The van der Waals surface area contributed by atoms with Gasteiger partial charge in [0.05, 0.1) is 18.5 Å². The average Bonchev–Trinajstić information content (AvgIpc) is 2.29. The first-order valence-corrected chi connectivity index (χ1v) is 7.34. The summed E-state index contributed by atoms with van der Waals surface area (Å²) in [7, 11) is 0. The second kappa shape index (κ2) is 9.10. The highest BCUT2D eigenvalue weighted by molar-refractivity contribution is 7.99. The molecule has 118 valence electrons. The van der Waals surface area contributed by atoms with Gasteiger partial charge < -0.3 is 9.47 Å². The van der Waals surface area contributed by atoms with Crippen LogP contribution in [-0.2, 0) is 19.1 Å². The van der Waals surface area contributed by atoms with Crippen LogP contribution in [0.3, 0.4) is 0 Å². The van der Waals surface area contributed by atoms with Gasteiger partial charge in [0.25, 0.3) is 0 Å². The van der Waals surface area contributed by atoms with Crippen LogP contribution in [0.1, 0.15) is 27.2 Å². The monoisotopic (exact) mass is 316 g/mol. The molecule has 1 unspecified atom stereocenters. The van der Waals surface area contributed by atoms with Crippen LogP contribution in [0.25, 0.3) is 0 Å². The first-order valence-electron chi connectivity index (χ1n) is 6.19. The van der Waals surface area contributed by atoms with E-state index in [-0.39, 0.29) is 12.4 Å². The van der Waals surface area contributed by atoms with Crippen molar-refractivity contribution >= 4 is 23.7 Å². The molecule has 0 amide bonds. The van der Waals surface area contributed by atoms with Gasteiger partial charge in [0, 0.05) is 5.75 Å². The van der Waals surface area contributed by atoms with Crippen molar-refractivity contribution in [3.05, 3.63) is 0 Å². The molecule has 0 heterocycles. The number of alkyl halides is 3. The van der Waals surface area contributed by atoms with Crippen molar-refractivity contribution in [1.82, 2.24) is 0 Å². The van der Waals surface area contributed by atoms with E-state index < -0.39 is 35.9 Å². The highest BCUT2D eigenvalue weighted by Gasteiger charge is 2.46. The summed E-state index contributed by atoms with van der Waals surface area (Å²) in [5.74, 6) is -4.91. The number of carbonyl (C=O) groups excluding carboxylic acids is 2. The minimum Gasteiger partial charge on any atom is -0.465 e. The van der Waals surface area contributed by atoms with E-state index in [9.17, 15) is 22.8 Å². The maximum atomic E-state index is 12.7. The second-order valence-electron chi connectivity index (χ2n) is 4.32. The van der Waals surface area contributed by atoms with Crippen LogP contribution in [0.15, 0.2) is 0 Å². The van der Waals surface area contributed by atoms with E-state index in [1.165, 1.54) is 13.8 Å². The molecule has 4 nitrogen and oxygen atoms in total. The minimum absolute atomic E-state index is 0.221. The zero-order valence-electron chi connectivity index (χ0n) is 11.7. The SMILES string of the molecule is CCCOC(=O)CSCC(C(=O)OC(C)C)C(F)(F)F. The Morgan fingerprint density at radius 3 is 2.30 bits per heavy atom. The van der Waals surface area contributed by atoms with Crippen molar-refractivity contribution in [3.63, 3.8) is 0 Å². The lowest BCUT2D eigenvalue weighted by atomic mass is 10.2. The van der Waals surface area contributed by atoms with Gasteiger partial charge in [-0.05, 0) is 20.3 Å². The molecule has 1 atom stereocenters. The predicted octanol–water partition coefficient (Wildman–Crippen LogP) is 2.80. The van der Waals surface area contributed by atoms with E-state index in [2.05, 4.69) is 4.74 Å². The molecule has 0 N–H and O–H groups in total. The average molecular weight is 316 g/mol. The number of hydrogen-bond acceptors (Lipinski definition) is 5. The normalized spacial score (nSPS) is 13.2. The molecule has 0 aliphatic carbocycles. The van der Waals surface area contributed by atoms with Crippen LogP contribution < -0.4 is 0 Å². The summed E-state index contributed by atoms with van der Waals surface area (Å²) >= 11 is 0.707. The summed E-state index contributed by atoms with van der Waals surface area (Å²) in [6, 6.07) is 0. The third-order valence-electron chi connectivity index (χ3n) is 2.00. The maximum absolute atomic E-state index is 12.7. The van der Waals surface area contributed by atoms with Gasteiger partial charge in [0.2, 0.25) is 0 Å². The molecule has 20 heavy (non-hydrogen) atoms. The summed E-state index contributed by atoms with van der Waals surface area (Å²) in [4.78, 5) is 22.5. The number of halogens is 3. The molecule has 0 aromatic rings. The van der Waals surface area contributed by atoms with E-state index in [0.717, 1.165) is 0 Å². The van der Waals surface area contributed by atoms with Crippen LogP contribution in [-0.4, -0.2) is 42.3 Å². The molecular weight excluding hydrogens is 297 g/mol.